The number of hydrogen-bond donors (Lipinski definition) is 2. The van der Waals surface area contributed by atoms with E-state index in [9.17, 15) is 8.78 Å². The molecule has 0 radical (unpaired) electrons. The number of nitrogens with zero attached hydrogens (tertiary/aromatic N) is 2. The van der Waals surface area contributed by atoms with Crippen molar-refractivity contribution in [1.29, 1.82) is 0 Å². The number of para-hydroxylation sites is 1. The van der Waals surface area contributed by atoms with Crippen LogP contribution < -0.4 is 10.6 Å². The molecule has 0 fully saturated rings. The first kappa shape index (κ1) is 14.5. The van der Waals surface area contributed by atoms with Crippen molar-refractivity contribution < 1.29 is 8.78 Å². The Bertz CT molecular complexity index is 587. The molecule has 1 heterocycles. The summed E-state index contributed by atoms with van der Waals surface area (Å²) in [5, 5.41) is 5.70. The Morgan fingerprint density at radius 3 is 2.60 bits per heavy atom. The highest BCUT2D eigenvalue weighted by Gasteiger charge is 2.12. The molecule has 1 aromatic carbocycles. The van der Waals surface area contributed by atoms with Crippen LogP contribution in [0.2, 0.25) is 5.02 Å². The van der Waals surface area contributed by atoms with E-state index in [1.165, 1.54) is 12.3 Å². The van der Waals surface area contributed by atoms with E-state index in [1.54, 1.807) is 0 Å². The Kier molecular flexibility index (Phi) is 4.68. The Hall–Kier alpha value is -1.95. The lowest BCUT2D eigenvalue weighted by molar-refractivity contribution is 0.590. The van der Waals surface area contributed by atoms with E-state index in [-0.39, 0.29) is 16.5 Å². The van der Waals surface area contributed by atoms with Crippen molar-refractivity contribution in [3.8, 4) is 0 Å². The third kappa shape index (κ3) is 3.33. The lowest BCUT2D eigenvalue weighted by Crippen LogP contribution is -2.07. The van der Waals surface area contributed by atoms with Crippen LogP contribution in [0.25, 0.3) is 0 Å². The maximum absolute atomic E-state index is 13.6. The predicted octanol–water partition coefficient (Wildman–Crippen LogP) is 3.97. The maximum atomic E-state index is 13.6. The Balaban J connectivity index is 2.28. The molecule has 2 aromatic rings. The lowest BCUT2D eigenvalue weighted by atomic mass is 10.3. The minimum atomic E-state index is -0.720. The van der Waals surface area contributed by atoms with Crippen LogP contribution in [0.1, 0.15) is 13.3 Å². The Morgan fingerprint density at radius 2 is 1.95 bits per heavy atom. The van der Waals surface area contributed by atoms with E-state index in [4.69, 9.17) is 11.6 Å². The first-order valence-electron chi connectivity index (χ1n) is 6.09. The van der Waals surface area contributed by atoms with Crippen molar-refractivity contribution in [2.45, 2.75) is 13.3 Å². The summed E-state index contributed by atoms with van der Waals surface area (Å²) in [6.07, 6.45) is 2.27. The second kappa shape index (κ2) is 6.47. The zero-order valence-corrected chi connectivity index (χ0v) is 11.5. The zero-order chi connectivity index (χ0) is 14.5. The molecule has 0 amide bonds. The van der Waals surface area contributed by atoms with Gasteiger partial charge in [-0.1, -0.05) is 24.6 Å². The van der Waals surface area contributed by atoms with Crippen LogP contribution >= 0.6 is 11.6 Å². The summed E-state index contributed by atoms with van der Waals surface area (Å²) in [4.78, 5) is 8.07. The van der Waals surface area contributed by atoms with Crippen molar-refractivity contribution in [2.24, 2.45) is 0 Å². The van der Waals surface area contributed by atoms with E-state index in [0.717, 1.165) is 18.6 Å². The quantitative estimate of drug-likeness (QED) is 0.877. The molecule has 0 atom stereocenters. The number of halogens is 3. The largest absolute Gasteiger partial charge is 0.354 e. The molecular weight excluding hydrogens is 286 g/mol. The normalized spacial score (nSPS) is 10.4. The van der Waals surface area contributed by atoms with Crippen LogP contribution in [-0.4, -0.2) is 16.5 Å². The van der Waals surface area contributed by atoms with Crippen molar-refractivity contribution in [2.75, 3.05) is 17.2 Å². The topological polar surface area (TPSA) is 49.8 Å². The van der Waals surface area contributed by atoms with Gasteiger partial charge in [0.25, 0.3) is 0 Å². The summed E-state index contributed by atoms with van der Waals surface area (Å²) in [6, 6.07) is 3.58. The van der Waals surface area contributed by atoms with E-state index in [0.29, 0.717) is 12.5 Å². The molecule has 2 rings (SSSR count). The molecule has 0 aliphatic carbocycles. The number of aromatic nitrogens is 2. The van der Waals surface area contributed by atoms with Crippen LogP contribution in [-0.2, 0) is 0 Å². The smallest absolute Gasteiger partial charge is 0.224 e. The second-order valence-electron chi connectivity index (χ2n) is 4.04. The first-order valence-corrected chi connectivity index (χ1v) is 6.47. The summed E-state index contributed by atoms with van der Waals surface area (Å²) >= 11 is 5.92. The third-order valence-electron chi connectivity index (χ3n) is 2.48. The molecular formula is C13H13ClF2N4. The molecule has 2 N–H and O–H groups in total. The highest BCUT2D eigenvalue weighted by Crippen LogP contribution is 2.27. The molecule has 0 unspecified atom stereocenters. The van der Waals surface area contributed by atoms with E-state index in [2.05, 4.69) is 20.6 Å². The summed E-state index contributed by atoms with van der Waals surface area (Å²) in [5.74, 6) is -0.953. The van der Waals surface area contributed by atoms with Gasteiger partial charge in [0.2, 0.25) is 5.95 Å². The van der Waals surface area contributed by atoms with E-state index in [1.807, 2.05) is 6.92 Å². The molecule has 0 saturated carbocycles. The average molecular weight is 299 g/mol. The van der Waals surface area contributed by atoms with Crippen molar-refractivity contribution in [1.82, 2.24) is 9.97 Å². The van der Waals surface area contributed by atoms with Crippen molar-refractivity contribution >= 4 is 29.1 Å². The van der Waals surface area contributed by atoms with E-state index < -0.39 is 11.6 Å². The number of nitrogens with one attached hydrogen (secondary N) is 2. The highest BCUT2D eigenvalue weighted by molar-refractivity contribution is 6.32. The second-order valence-corrected chi connectivity index (χ2v) is 4.45. The Morgan fingerprint density at radius 1 is 1.25 bits per heavy atom. The first-order chi connectivity index (χ1) is 9.61. The van der Waals surface area contributed by atoms with Gasteiger partial charge in [-0.05, 0) is 18.6 Å². The number of anilines is 3. The van der Waals surface area contributed by atoms with Gasteiger partial charge in [0.15, 0.2) is 5.82 Å². The fraction of sp³-hybridized carbons (Fsp3) is 0.231. The summed E-state index contributed by atoms with van der Waals surface area (Å²) in [7, 11) is 0. The fourth-order valence-electron chi connectivity index (χ4n) is 1.51. The number of benzene rings is 1. The molecule has 1 aromatic heterocycles. The van der Waals surface area contributed by atoms with E-state index >= 15 is 0 Å². The molecule has 0 bridgehead atoms. The van der Waals surface area contributed by atoms with Crippen LogP contribution in [0.5, 0.6) is 0 Å². The SMILES string of the molecule is CCCNc1ncc(Cl)c(Nc2c(F)cccc2F)n1. The number of rotatable bonds is 5. The summed E-state index contributed by atoms with van der Waals surface area (Å²) in [6.45, 7) is 2.69. The van der Waals surface area contributed by atoms with Crippen LogP contribution in [0, 0.1) is 11.6 Å². The van der Waals surface area contributed by atoms with Gasteiger partial charge in [0.05, 0.1) is 6.20 Å². The van der Waals surface area contributed by atoms with Gasteiger partial charge >= 0.3 is 0 Å². The van der Waals surface area contributed by atoms with Gasteiger partial charge in [-0.2, -0.15) is 4.98 Å². The standard InChI is InChI=1S/C13H13ClF2N4/c1-2-6-17-13-18-7-8(14)12(20-13)19-11-9(15)4-3-5-10(11)16/h3-5,7H,2,6H2,1H3,(H2,17,18,19,20). The average Bonchev–Trinajstić information content (AvgIpc) is 2.43. The van der Waals surface area contributed by atoms with Gasteiger partial charge in [0, 0.05) is 6.54 Å². The maximum Gasteiger partial charge on any atom is 0.224 e. The molecule has 20 heavy (non-hydrogen) atoms. The summed E-state index contributed by atoms with van der Waals surface area (Å²) in [5.41, 5.74) is -0.297. The van der Waals surface area contributed by atoms with Gasteiger partial charge in [-0.3, -0.25) is 0 Å². The molecule has 0 aliphatic heterocycles. The predicted molar refractivity (Wildman–Crippen MR) is 75.5 cm³/mol. The van der Waals surface area contributed by atoms with Crippen molar-refractivity contribution in [3.63, 3.8) is 0 Å². The monoisotopic (exact) mass is 298 g/mol. The highest BCUT2D eigenvalue weighted by atomic mass is 35.5. The van der Waals surface area contributed by atoms with Gasteiger partial charge < -0.3 is 10.6 Å². The van der Waals surface area contributed by atoms with Crippen LogP contribution in [0.15, 0.2) is 24.4 Å². The van der Waals surface area contributed by atoms with Crippen LogP contribution in [0.4, 0.5) is 26.2 Å². The molecule has 0 saturated heterocycles. The van der Waals surface area contributed by atoms with Gasteiger partial charge in [-0.15, -0.1) is 0 Å². The lowest BCUT2D eigenvalue weighted by Gasteiger charge is -2.11. The minimum Gasteiger partial charge on any atom is -0.354 e. The summed E-state index contributed by atoms with van der Waals surface area (Å²) < 4.78 is 27.1. The minimum absolute atomic E-state index is 0.143. The molecule has 106 valence electrons. The van der Waals surface area contributed by atoms with Gasteiger partial charge in [-0.25, -0.2) is 13.8 Å². The molecule has 0 aliphatic rings. The zero-order valence-electron chi connectivity index (χ0n) is 10.8. The number of hydrogen-bond acceptors (Lipinski definition) is 4. The van der Waals surface area contributed by atoms with Gasteiger partial charge in [0.1, 0.15) is 22.3 Å². The molecule has 7 heteroatoms. The molecule has 4 nitrogen and oxygen atoms in total. The Labute approximate surface area is 120 Å². The molecule has 0 spiro atoms. The van der Waals surface area contributed by atoms with Crippen LogP contribution in [0.3, 0.4) is 0 Å². The fourth-order valence-corrected chi connectivity index (χ4v) is 1.65. The third-order valence-corrected chi connectivity index (χ3v) is 2.76. The van der Waals surface area contributed by atoms with Crippen molar-refractivity contribution in [3.05, 3.63) is 41.1 Å².